The molecule has 2 aromatic rings. The van der Waals surface area contributed by atoms with Gasteiger partial charge in [-0.15, -0.1) is 0 Å². The number of guanidine groups is 1. The van der Waals surface area contributed by atoms with Crippen LogP contribution in [-0.4, -0.2) is 29.8 Å². The van der Waals surface area contributed by atoms with Crippen LogP contribution in [-0.2, 0) is 6.54 Å². The minimum absolute atomic E-state index is 0.262. The second-order valence-corrected chi connectivity index (χ2v) is 6.20. The number of benzene rings is 1. The summed E-state index contributed by atoms with van der Waals surface area (Å²) >= 11 is 11.9. The zero-order valence-corrected chi connectivity index (χ0v) is 15.2. The molecule has 130 valence electrons. The van der Waals surface area contributed by atoms with Crippen LogP contribution in [0.3, 0.4) is 0 Å². The summed E-state index contributed by atoms with van der Waals surface area (Å²) in [5.41, 5.74) is 2.46. The van der Waals surface area contributed by atoms with Crippen molar-refractivity contribution in [3.8, 4) is 0 Å². The summed E-state index contributed by atoms with van der Waals surface area (Å²) in [6.07, 6.45) is -0.765. The van der Waals surface area contributed by atoms with Gasteiger partial charge in [-0.3, -0.25) is 4.99 Å². The average Bonchev–Trinajstić information content (AvgIpc) is 2.85. The minimum Gasteiger partial charge on any atom is -0.387 e. The van der Waals surface area contributed by atoms with Crippen LogP contribution in [0.25, 0.3) is 0 Å². The number of aryl methyl sites for hydroxylation is 2. The molecule has 0 aliphatic carbocycles. The maximum absolute atomic E-state index is 10.3. The van der Waals surface area contributed by atoms with Gasteiger partial charge in [0.1, 0.15) is 5.76 Å². The lowest BCUT2D eigenvalue weighted by atomic mass is 10.1. The van der Waals surface area contributed by atoms with Gasteiger partial charge in [0.25, 0.3) is 0 Å². The van der Waals surface area contributed by atoms with E-state index in [1.165, 1.54) is 0 Å². The molecule has 1 aromatic heterocycles. The third-order valence-electron chi connectivity index (χ3n) is 3.57. The van der Waals surface area contributed by atoms with E-state index in [-0.39, 0.29) is 6.54 Å². The van der Waals surface area contributed by atoms with Gasteiger partial charge < -0.3 is 20.3 Å². The molecule has 0 saturated heterocycles. The molecule has 0 bridgehead atoms. The molecule has 0 spiro atoms. The van der Waals surface area contributed by atoms with Crippen molar-refractivity contribution in [2.24, 2.45) is 4.99 Å². The van der Waals surface area contributed by atoms with Gasteiger partial charge in [0, 0.05) is 35.7 Å². The molecule has 3 N–H and O–H groups in total. The number of aromatic nitrogens is 1. The molecule has 0 radical (unpaired) electrons. The monoisotopic (exact) mass is 370 g/mol. The summed E-state index contributed by atoms with van der Waals surface area (Å²) in [5, 5.41) is 21.4. The number of nitrogens with one attached hydrogen (secondary N) is 2. The van der Waals surface area contributed by atoms with Crippen molar-refractivity contribution in [1.82, 2.24) is 15.8 Å². The molecule has 1 unspecified atom stereocenters. The van der Waals surface area contributed by atoms with Crippen molar-refractivity contribution >= 4 is 29.2 Å². The van der Waals surface area contributed by atoms with E-state index in [4.69, 9.17) is 27.7 Å². The third kappa shape index (κ3) is 4.87. The van der Waals surface area contributed by atoms with E-state index < -0.39 is 6.10 Å². The smallest absolute Gasteiger partial charge is 0.191 e. The lowest BCUT2D eigenvalue weighted by molar-refractivity contribution is 0.181. The number of hydrogen-bond donors (Lipinski definition) is 3. The van der Waals surface area contributed by atoms with E-state index in [0.29, 0.717) is 28.1 Å². The Hall–Kier alpha value is -1.76. The SMILES string of the molecule is CN=C(NCc1c(C)noc1C)NCC(O)c1cc(Cl)cc(Cl)c1. The molecular formula is C16H20Cl2N4O2. The zero-order valence-electron chi connectivity index (χ0n) is 13.7. The van der Waals surface area contributed by atoms with Crippen molar-refractivity contribution in [2.45, 2.75) is 26.5 Å². The molecule has 0 aliphatic heterocycles. The highest BCUT2D eigenvalue weighted by molar-refractivity contribution is 6.34. The predicted octanol–water partition coefficient (Wildman–Crippen LogP) is 3.00. The Balaban J connectivity index is 1.91. The van der Waals surface area contributed by atoms with Crippen molar-refractivity contribution in [3.63, 3.8) is 0 Å². The normalized spacial score (nSPS) is 13.0. The zero-order chi connectivity index (χ0) is 17.7. The highest BCUT2D eigenvalue weighted by atomic mass is 35.5. The number of aliphatic hydroxyl groups is 1. The first-order valence-electron chi connectivity index (χ1n) is 7.41. The number of hydrogen-bond acceptors (Lipinski definition) is 4. The molecule has 0 saturated carbocycles. The molecule has 6 nitrogen and oxygen atoms in total. The van der Waals surface area contributed by atoms with E-state index in [9.17, 15) is 5.11 Å². The lowest BCUT2D eigenvalue weighted by Crippen LogP contribution is -2.39. The van der Waals surface area contributed by atoms with Crippen molar-refractivity contribution < 1.29 is 9.63 Å². The average molecular weight is 371 g/mol. The van der Waals surface area contributed by atoms with Crippen molar-refractivity contribution in [2.75, 3.05) is 13.6 Å². The van der Waals surface area contributed by atoms with Gasteiger partial charge in [0.15, 0.2) is 5.96 Å². The first kappa shape index (κ1) is 18.6. The van der Waals surface area contributed by atoms with Crippen LogP contribution in [0.15, 0.2) is 27.7 Å². The highest BCUT2D eigenvalue weighted by Gasteiger charge is 2.12. The van der Waals surface area contributed by atoms with Crippen LogP contribution in [0.1, 0.15) is 28.7 Å². The Bertz CT molecular complexity index is 691. The van der Waals surface area contributed by atoms with Gasteiger partial charge in [-0.25, -0.2) is 0 Å². The van der Waals surface area contributed by atoms with E-state index >= 15 is 0 Å². The molecule has 0 amide bonds. The van der Waals surface area contributed by atoms with E-state index in [0.717, 1.165) is 17.0 Å². The fraction of sp³-hybridized carbons (Fsp3) is 0.375. The van der Waals surface area contributed by atoms with E-state index in [1.54, 1.807) is 25.2 Å². The Morgan fingerprint density at radius 1 is 1.25 bits per heavy atom. The van der Waals surface area contributed by atoms with Crippen LogP contribution >= 0.6 is 23.2 Å². The van der Waals surface area contributed by atoms with Gasteiger partial charge in [0.2, 0.25) is 0 Å². The molecule has 1 atom stereocenters. The van der Waals surface area contributed by atoms with Gasteiger partial charge in [-0.05, 0) is 37.6 Å². The Labute approximate surface area is 150 Å². The van der Waals surface area contributed by atoms with Crippen molar-refractivity contribution in [1.29, 1.82) is 0 Å². The molecule has 2 rings (SSSR count). The second kappa shape index (κ2) is 8.37. The number of nitrogens with zero attached hydrogens (tertiary/aromatic N) is 2. The van der Waals surface area contributed by atoms with Crippen LogP contribution in [0.4, 0.5) is 0 Å². The summed E-state index contributed by atoms with van der Waals surface area (Å²) < 4.78 is 5.12. The third-order valence-corrected chi connectivity index (χ3v) is 4.01. The fourth-order valence-electron chi connectivity index (χ4n) is 2.23. The van der Waals surface area contributed by atoms with Crippen LogP contribution < -0.4 is 10.6 Å². The van der Waals surface area contributed by atoms with Crippen LogP contribution in [0.2, 0.25) is 10.0 Å². The van der Waals surface area contributed by atoms with Crippen molar-refractivity contribution in [3.05, 3.63) is 50.8 Å². The number of halogens is 2. The molecular weight excluding hydrogens is 351 g/mol. The Morgan fingerprint density at radius 2 is 1.92 bits per heavy atom. The second-order valence-electron chi connectivity index (χ2n) is 5.33. The number of aliphatic imine (C=N–C) groups is 1. The first-order chi connectivity index (χ1) is 11.4. The molecule has 1 aromatic carbocycles. The fourth-order valence-corrected chi connectivity index (χ4v) is 2.77. The Kier molecular flexibility index (Phi) is 6.48. The molecule has 8 heteroatoms. The summed E-state index contributed by atoms with van der Waals surface area (Å²) in [5.74, 6) is 1.33. The van der Waals surface area contributed by atoms with Gasteiger partial charge >= 0.3 is 0 Å². The highest BCUT2D eigenvalue weighted by Crippen LogP contribution is 2.23. The van der Waals surface area contributed by atoms with Crippen LogP contribution in [0.5, 0.6) is 0 Å². The maximum Gasteiger partial charge on any atom is 0.191 e. The van der Waals surface area contributed by atoms with E-state index in [2.05, 4.69) is 20.8 Å². The van der Waals surface area contributed by atoms with Gasteiger partial charge in [-0.2, -0.15) is 0 Å². The van der Waals surface area contributed by atoms with Crippen LogP contribution in [0, 0.1) is 13.8 Å². The quantitative estimate of drug-likeness (QED) is 0.556. The first-order valence-corrected chi connectivity index (χ1v) is 8.16. The summed E-state index contributed by atoms with van der Waals surface area (Å²) in [6, 6.07) is 4.98. The number of rotatable bonds is 5. The summed E-state index contributed by atoms with van der Waals surface area (Å²) in [6.45, 7) is 4.54. The minimum atomic E-state index is -0.765. The molecule has 24 heavy (non-hydrogen) atoms. The standard InChI is InChI=1S/C16H20Cl2N4O2/c1-9-14(10(2)24-22-9)7-20-16(19-3)21-8-15(23)11-4-12(17)6-13(18)5-11/h4-6,15,23H,7-8H2,1-3H3,(H2,19,20,21). The number of aliphatic hydroxyl groups excluding tert-OH is 1. The molecule has 1 heterocycles. The maximum atomic E-state index is 10.3. The lowest BCUT2D eigenvalue weighted by Gasteiger charge is -2.16. The van der Waals surface area contributed by atoms with Gasteiger partial charge in [-0.1, -0.05) is 28.4 Å². The largest absolute Gasteiger partial charge is 0.387 e. The summed E-state index contributed by atoms with van der Waals surface area (Å²) in [7, 11) is 1.66. The molecule has 0 fully saturated rings. The topological polar surface area (TPSA) is 82.7 Å². The summed E-state index contributed by atoms with van der Waals surface area (Å²) in [4.78, 5) is 4.13. The predicted molar refractivity (Wildman–Crippen MR) is 95.6 cm³/mol. The molecule has 0 aliphatic rings. The van der Waals surface area contributed by atoms with E-state index in [1.807, 2.05) is 13.8 Å². The Morgan fingerprint density at radius 3 is 2.46 bits per heavy atom. The van der Waals surface area contributed by atoms with Gasteiger partial charge in [0.05, 0.1) is 11.8 Å².